The summed E-state index contributed by atoms with van der Waals surface area (Å²) in [4.78, 5) is 9.35. The van der Waals surface area contributed by atoms with E-state index in [-0.39, 0.29) is 0 Å². The molecule has 0 saturated carbocycles. The van der Waals surface area contributed by atoms with Crippen LogP contribution in [-0.4, -0.2) is 9.97 Å². The SMILES string of the molecule is CCc1nc2cccc(I)c2nc1CC. The second-order valence-corrected chi connectivity index (χ2v) is 4.59. The fourth-order valence-corrected chi connectivity index (χ4v) is 2.29. The first kappa shape index (κ1) is 10.8. The van der Waals surface area contributed by atoms with Crippen molar-refractivity contribution in [2.45, 2.75) is 26.7 Å². The van der Waals surface area contributed by atoms with Crippen LogP contribution >= 0.6 is 22.6 Å². The van der Waals surface area contributed by atoms with Gasteiger partial charge < -0.3 is 0 Å². The molecule has 0 N–H and O–H groups in total. The Balaban J connectivity index is 2.75. The summed E-state index contributed by atoms with van der Waals surface area (Å²) in [7, 11) is 0. The van der Waals surface area contributed by atoms with Crippen LogP contribution in [0.2, 0.25) is 0 Å². The lowest BCUT2D eigenvalue weighted by molar-refractivity contribution is 0.929. The number of fused-ring (bicyclic) bond motifs is 1. The molecule has 0 aliphatic carbocycles. The summed E-state index contributed by atoms with van der Waals surface area (Å²) in [5.74, 6) is 0. The molecule has 2 rings (SSSR count). The Morgan fingerprint density at radius 1 is 1.07 bits per heavy atom. The van der Waals surface area contributed by atoms with Crippen LogP contribution < -0.4 is 0 Å². The first-order valence-electron chi connectivity index (χ1n) is 5.20. The molecule has 0 bridgehead atoms. The van der Waals surface area contributed by atoms with Crippen LogP contribution in [-0.2, 0) is 12.8 Å². The van der Waals surface area contributed by atoms with Gasteiger partial charge in [-0.15, -0.1) is 0 Å². The summed E-state index contributed by atoms with van der Waals surface area (Å²) in [6.07, 6.45) is 1.91. The molecule has 0 fully saturated rings. The number of hydrogen-bond donors (Lipinski definition) is 0. The molecule has 1 aromatic carbocycles. The predicted octanol–water partition coefficient (Wildman–Crippen LogP) is 3.36. The van der Waals surface area contributed by atoms with Gasteiger partial charge in [-0.3, -0.25) is 0 Å². The number of hydrogen-bond acceptors (Lipinski definition) is 2. The number of aryl methyl sites for hydroxylation is 2. The van der Waals surface area contributed by atoms with Crippen molar-refractivity contribution in [1.82, 2.24) is 9.97 Å². The van der Waals surface area contributed by atoms with E-state index in [0.717, 1.165) is 35.3 Å². The van der Waals surface area contributed by atoms with Crippen molar-refractivity contribution in [3.63, 3.8) is 0 Å². The van der Waals surface area contributed by atoms with E-state index in [1.807, 2.05) is 12.1 Å². The second-order valence-electron chi connectivity index (χ2n) is 3.43. The summed E-state index contributed by atoms with van der Waals surface area (Å²) < 4.78 is 1.18. The maximum absolute atomic E-state index is 4.69. The third kappa shape index (κ3) is 1.97. The summed E-state index contributed by atoms with van der Waals surface area (Å²) in [5.41, 5.74) is 4.31. The fraction of sp³-hybridized carbons (Fsp3) is 0.333. The molecule has 78 valence electrons. The number of halogens is 1. The van der Waals surface area contributed by atoms with Gasteiger partial charge in [0.05, 0.1) is 16.9 Å². The zero-order valence-electron chi connectivity index (χ0n) is 8.92. The van der Waals surface area contributed by atoms with E-state index in [2.05, 4.69) is 47.5 Å². The van der Waals surface area contributed by atoms with E-state index in [1.54, 1.807) is 0 Å². The zero-order chi connectivity index (χ0) is 10.8. The molecule has 0 radical (unpaired) electrons. The molecule has 1 aromatic heterocycles. The van der Waals surface area contributed by atoms with Crippen molar-refractivity contribution in [3.05, 3.63) is 33.2 Å². The Morgan fingerprint density at radius 2 is 1.73 bits per heavy atom. The Kier molecular flexibility index (Phi) is 3.19. The Hall–Kier alpha value is -0.710. The minimum atomic E-state index is 0.955. The lowest BCUT2D eigenvalue weighted by Gasteiger charge is -2.07. The van der Waals surface area contributed by atoms with E-state index >= 15 is 0 Å². The highest BCUT2D eigenvalue weighted by atomic mass is 127. The lowest BCUT2D eigenvalue weighted by Crippen LogP contribution is -2.01. The molecule has 0 spiro atoms. The number of benzene rings is 1. The van der Waals surface area contributed by atoms with Gasteiger partial charge in [0, 0.05) is 3.57 Å². The van der Waals surface area contributed by atoms with Crippen LogP contribution in [0.4, 0.5) is 0 Å². The smallest absolute Gasteiger partial charge is 0.102 e. The van der Waals surface area contributed by atoms with Crippen molar-refractivity contribution in [1.29, 1.82) is 0 Å². The van der Waals surface area contributed by atoms with Gasteiger partial charge in [0.2, 0.25) is 0 Å². The normalized spacial score (nSPS) is 10.9. The number of aromatic nitrogens is 2. The Morgan fingerprint density at radius 3 is 2.40 bits per heavy atom. The maximum Gasteiger partial charge on any atom is 0.102 e. The second kappa shape index (κ2) is 4.43. The molecule has 0 unspecified atom stereocenters. The molecule has 1 heterocycles. The minimum absolute atomic E-state index is 0.955. The van der Waals surface area contributed by atoms with Crippen LogP contribution in [0.3, 0.4) is 0 Å². The molecule has 0 aliphatic heterocycles. The van der Waals surface area contributed by atoms with Crippen molar-refractivity contribution >= 4 is 33.6 Å². The fourth-order valence-electron chi connectivity index (χ4n) is 1.68. The molecule has 2 aromatic rings. The van der Waals surface area contributed by atoms with Crippen molar-refractivity contribution in [3.8, 4) is 0 Å². The first-order valence-corrected chi connectivity index (χ1v) is 6.28. The van der Waals surface area contributed by atoms with Gasteiger partial charge in [0.25, 0.3) is 0 Å². The van der Waals surface area contributed by atoms with Gasteiger partial charge in [0.1, 0.15) is 5.52 Å². The Bertz CT molecular complexity index is 494. The van der Waals surface area contributed by atoms with Crippen molar-refractivity contribution in [2.75, 3.05) is 0 Å². The summed E-state index contributed by atoms with van der Waals surface area (Å²) >= 11 is 2.31. The third-order valence-electron chi connectivity index (χ3n) is 2.47. The van der Waals surface area contributed by atoms with Gasteiger partial charge in [-0.1, -0.05) is 19.9 Å². The van der Waals surface area contributed by atoms with E-state index in [9.17, 15) is 0 Å². The monoisotopic (exact) mass is 312 g/mol. The van der Waals surface area contributed by atoms with Crippen LogP contribution in [0.15, 0.2) is 18.2 Å². The first-order chi connectivity index (χ1) is 7.26. The maximum atomic E-state index is 4.69. The highest BCUT2D eigenvalue weighted by molar-refractivity contribution is 14.1. The van der Waals surface area contributed by atoms with Crippen LogP contribution in [0.25, 0.3) is 11.0 Å². The van der Waals surface area contributed by atoms with Gasteiger partial charge >= 0.3 is 0 Å². The molecule has 15 heavy (non-hydrogen) atoms. The molecule has 0 atom stereocenters. The Labute approximate surface area is 103 Å². The molecule has 0 aliphatic rings. The predicted molar refractivity (Wildman–Crippen MR) is 71.0 cm³/mol. The average molecular weight is 312 g/mol. The van der Waals surface area contributed by atoms with Gasteiger partial charge in [0.15, 0.2) is 0 Å². The van der Waals surface area contributed by atoms with E-state index in [0.29, 0.717) is 0 Å². The highest BCUT2D eigenvalue weighted by Gasteiger charge is 2.07. The minimum Gasteiger partial charge on any atom is -0.249 e. The van der Waals surface area contributed by atoms with Crippen LogP contribution in [0.5, 0.6) is 0 Å². The van der Waals surface area contributed by atoms with Crippen LogP contribution in [0, 0.1) is 3.57 Å². The van der Waals surface area contributed by atoms with E-state index in [1.165, 1.54) is 3.57 Å². The third-order valence-corrected chi connectivity index (χ3v) is 3.34. The zero-order valence-corrected chi connectivity index (χ0v) is 11.1. The molecular formula is C12H13IN2. The van der Waals surface area contributed by atoms with E-state index < -0.39 is 0 Å². The summed E-state index contributed by atoms with van der Waals surface area (Å²) in [6, 6.07) is 6.13. The van der Waals surface area contributed by atoms with Crippen molar-refractivity contribution in [2.24, 2.45) is 0 Å². The molecular weight excluding hydrogens is 299 g/mol. The number of rotatable bonds is 2. The van der Waals surface area contributed by atoms with Gasteiger partial charge in [-0.2, -0.15) is 0 Å². The molecule has 0 amide bonds. The molecule has 2 nitrogen and oxygen atoms in total. The van der Waals surface area contributed by atoms with Crippen molar-refractivity contribution < 1.29 is 0 Å². The topological polar surface area (TPSA) is 25.8 Å². The lowest BCUT2D eigenvalue weighted by atomic mass is 10.2. The summed E-state index contributed by atoms with van der Waals surface area (Å²) in [5, 5.41) is 0. The number of nitrogens with zero attached hydrogens (tertiary/aromatic N) is 2. The molecule has 3 heteroatoms. The summed E-state index contributed by atoms with van der Waals surface area (Å²) in [6.45, 7) is 4.26. The van der Waals surface area contributed by atoms with Gasteiger partial charge in [-0.05, 0) is 47.6 Å². The quantitative estimate of drug-likeness (QED) is 0.795. The standard InChI is InChI=1S/C12H13IN2/c1-3-9-10(4-2)15-12-8(13)6-5-7-11(12)14-9/h5-7H,3-4H2,1-2H3. The highest BCUT2D eigenvalue weighted by Crippen LogP contribution is 2.19. The van der Waals surface area contributed by atoms with E-state index in [4.69, 9.17) is 4.98 Å². The average Bonchev–Trinajstić information content (AvgIpc) is 2.28. The van der Waals surface area contributed by atoms with Gasteiger partial charge in [-0.25, -0.2) is 9.97 Å². The molecule has 0 saturated heterocycles. The van der Waals surface area contributed by atoms with Crippen LogP contribution in [0.1, 0.15) is 25.2 Å². The number of para-hydroxylation sites is 1. The largest absolute Gasteiger partial charge is 0.249 e.